The zero-order valence-electron chi connectivity index (χ0n) is 14.0. The van der Waals surface area contributed by atoms with Crippen molar-refractivity contribution in [2.75, 3.05) is 17.7 Å². The molecular formula is C19H18N4O2. The van der Waals surface area contributed by atoms with Crippen molar-refractivity contribution in [3.63, 3.8) is 0 Å². The summed E-state index contributed by atoms with van der Waals surface area (Å²) < 4.78 is 5.21. The molecule has 1 heterocycles. The van der Waals surface area contributed by atoms with Gasteiger partial charge in [-0.1, -0.05) is 6.07 Å². The molecule has 6 nitrogen and oxygen atoms in total. The molecule has 3 rings (SSSR count). The minimum Gasteiger partial charge on any atom is -0.497 e. The van der Waals surface area contributed by atoms with E-state index >= 15 is 0 Å². The van der Waals surface area contributed by atoms with Gasteiger partial charge in [0.05, 0.1) is 7.11 Å². The van der Waals surface area contributed by atoms with Crippen LogP contribution in [0.3, 0.4) is 0 Å². The van der Waals surface area contributed by atoms with Crippen LogP contribution < -0.4 is 15.4 Å². The molecule has 2 aromatic carbocycles. The summed E-state index contributed by atoms with van der Waals surface area (Å²) in [6, 6.07) is 16.6. The second-order valence-corrected chi connectivity index (χ2v) is 5.40. The first-order chi connectivity index (χ1) is 12.1. The van der Waals surface area contributed by atoms with Crippen molar-refractivity contribution in [3.8, 4) is 5.75 Å². The molecular weight excluding hydrogens is 316 g/mol. The molecule has 0 aliphatic heterocycles. The lowest BCUT2D eigenvalue weighted by atomic mass is 10.1. The summed E-state index contributed by atoms with van der Waals surface area (Å²) in [5.74, 6) is 2.11. The summed E-state index contributed by atoms with van der Waals surface area (Å²) in [4.78, 5) is 19.8. The molecule has 0 saturated carbocycles. The maximum atomic E-state index is 11.3. The van der Waals surface area contributed by atoms with Crippen molar-refractivity contribution in [1.29, 1.82) is 0 Å². The van der Waals surface area contributed by atoms with Gasteiger partial charge in [-0.05, 0) is 43.3 Å². The van der Waals surface area contributed by atoms with E-state index in [2.05, 4.69) is 20.6 Å². The molecule has 0 aliphatic rings. The number of carbonyl (C=O) groups is 1. The van der Waals surface area contributed by atoms with Gasteiger partial charge in [-0.2, -0.15) is 0 Å². The van der Waals surface area contributed by atoms with Crippen molar-refractivity contribution in [2.24, 2.45) is 0 Å². The lowest BCUT2D eigenvalue weighted by molar-refractivity contribution is 0.101. The number of hydrogen-bond donors (Lipinski definition) is 2. The first-order valence-electron chi connectivity index (χ1n) is 7.75. The summed E-state index contributed by atoms with van der Waals surface area (Å²) in [5.41, 5.74) is 2.39. The van der Waals surface area contributed by atoms with Crippen molar-refractivity contribution in [1.82, 2.24) is 9.97 Å². The van der Waals surface area contributed by atoms with E-state index in [0.29, 0.717) is 17.2 Å². The molecule has 0 saturated heterocycles. The Kier molecular flexibility index (Phi) is 4.89. The lowest BCUT2D eigenvalue weighted by Gasteiger charge is -2.10. The number of rotatable bonds is 6. The predicted octanol–water partition coefficient (Wildman–Crippen LogP) is 4.18. The Morgan fingerprint density at radius 2 is 1.60 bits per heavy atom. The highest BCUT2D eigenvalue weighted by Crippen LogP contribution is 2.22. The highest BCUT2D eigenvalue weighted by molar-refractivity contribution is 5.94. The van der Waals surface area contributed by atoms with Gasteiger partial charge in [0.15, 0.2) is 5.78 Å². The van der Waals surface area contributed by atoms with E-state index in [9.17, 15) is 4.79 Å². The van der Waals surface area contributed by atoms with Crippen LogP contribution in [-0.2, 0) is 0 Å². The average Bonchev–Trinajstić information content (AvgIpc) is 2.62. The van der Waals surface area contributed by atoms with E-state index in [0.717, 1.165) is 17.1 Å². The molecule has 2 N–H and O–H groups in total. The molecule has 0 aliphatic carbocycles. The fourth-order valence-electron chi connectivity index (χ4n) is 2.28. The Bertz CT molecular complexity index is 879. The van der Waals surface area contributed by atoms with E-state index in [1.807, 2.05) is 36.4 Å². The van der Waals surface area contributed by atoms with E-state index in [1.54, 1.807) is 32.2 Å². The van der Waals surface area contributed by atoms with Crippen molar-refractivity contribution >= 4 is 28.8 Å². The molecule has 0 unspecified atom stereocenters. The molecule has 1 aromatic heterocycles. The van der Waals surface area contributed by atoms with Gasteiger partial charge in [0.25, 0.3) is 0 Å². The van der Waals surface area contributed by atoms with Crippen molar-refractivity contribution in [2.45, 2.75) is 6.92 Å². The van der Waals surface area contributed by atoms with Crippen LogP contribution in [0.25, 0.3) is 0 Å². The molecule has 0 bridgehead atoms. The third-order valence-corrected chi connectivity index (χ3v) is 3.57. The number of ether oxygens (including phenoxy) is 1. The Morgan fingerprint density at radius 3 is 2.24 bits per heavy atom. The topological polar surface area (TPSA) is 76.1 Å². The Balaban J connectivity index is 1.73. The SMILES string of the molecule is COc1cccc(Nc2cc(Nc3ccc(C(C)=O)cc3)ncn2)c1. The Morgan fingerprint density at radius 1 is 0.920 bits per heavy atom. The van der Waals surface area contributed by atoms with Crippen LogP contribution in [0.15, 0.2) is 60.9 Å². The number of nitrogens with one attached hydrogen (secondary N) is 2. The number of ketones is 1. The minimum absolute atomic E-state index is 0.0401. The number of Topliss-reactive ketones (excluding diaryl/α,β-unsaturated/α-hetero) is 1. The zero-order valence-corrected chi connectivity index (χ0v) is 14.0. The van der Waals surface area contributed by atoms with Gasteiger partial charge in [0, 0.05) is 29.1 Å². The summed E-state index contributed by atoms with van der Waals surface area (Å²) in [7, 11) is 1.63. The fraction of sp³-hybridized carbons (Fsp3) is 0.105. The summed E-state index contributed by atoms with van der Waals surface area (Å²) in [6.07, 6.45) is 1.48. The fourth-order valence-corrected chi connectivity index (χ4v) is 2.28. The summed E-state index contributed by atoms with van der Waals surface area (Å²) >= 11 is 0. The molecule has 6 heteroatoms. The number of benzene rings is 2. The predicted molar refractivity (Wildman–Crippen MR) is 98.0 cm³/mol. The number of carbonyl (C=O) groups excluding carboxylic acids is 1. The zero-order chi connectivity index (χ0) is 17.6. The molecule has 0 fully saturated rings. The standard InChI is InChI=1S/C19H18N4O2/c1-13(24)14-6-8-15(9-7-14)22-18-11-19(21-12-20-18)23-16-4-3-5-17(10-16)25-2/h3-12H,1-2H3,(H2,20,21,22,23). The van der Waals surface area contributed by atoms with Gasteiger partial charge in [-0.15, -0.1) is 0 Å². The third kappa shape index (κ3) is 4.32. The molecule has 3 aromatic rings. The number of nitrogens with zero attached hydrogens (tertiary/aromatic N) is 2. The normalized spacial score (nSPS) is 10.2. The molecule has 0 amide bonds. The van der Waals surface area contributed by atoms with Gasteiger partial charge < -0.3 is 15.4 Å². The van der Waals surface area contributed by atoms with Crippen LogP contribution in [-0.4, -0.2) is 22.9 Å². The first-order valence-corrected chi connectivity index (χ1v) is 7.75. The summed E-state index contributed by atoms with van der Waals surface area (Å²) in [5, 5.41) is 6.40. The van der Waals surface area contributed by atoms with Crippen molar-refractivity contribution in [3.05, 3.63) is 66.5 Å². The Labute approximate surface area is 145 Å². The van der Waals surface area contributed by atoms with Gasteiger partial charge in [-0.3, -0.25) is 4.79 Å². The van der Waals surface area contributed by atoms with E-state index < -0.39 is 0 Å². The summed E-state index contributed by atoms with van der Waals surface area (Å²) in [6.45, 7) is 1.55. The quantitative estimate of drug-likeness (QED) is 0.659. The molecule has 126 valence electrons. The Hall–Kier alpha value is -3.41. The second-order valence-electron chi connectivity index (χ2n) is 5.40. The van der Waals surface area contributed by atoms with Gasteiger partial charge in [0.1, 0.15) is 23.7 Å². The van der Waals surface area contributed by atoms with E-state index in [4.69, 9.17) is 4.74 Å². The van der Waals surface area contributed by atoms with Crippen LogP contribution in [0.1, 0.15) is 17.3 Å². The highest BCUT2D eigenvalue weighted by Gasteiger charge is 2.03. The van der Waals surface area contributed by atoms with Crippen LogP contribution in [0.5, 0.6) is 5.75 Å². The maximum absolute atomic E-state index is 11.3. The van der Waals surface area contributed by atoms with Crippen LogP contribution in [0.2, 0.25) is 0 Å². The smallest absolute Gasteiger partial charge is 0.159 e. The number of methoxy groups -OCH3 is 1. The first kappa shape index (κ1) is 16.4. The average molecular weight is 334 g/mol. The number of aromatic nitrogens is 2. The monoisotopic (exact) mass is 334 g/mol. The van der Waals surface area contributed by atoms with Crippen molar-refractivity contribution < 1.29 is 9.53 Å². The van der Waals surface area contributed by atoms with E-state index in [-0.39, 0.29) is 5.78 Å². The van der Waals surface area contributed by atoms with Crippen LogP contribution >= 0.6 is 0 Å². The third-order valence-electron chi connectivity index (χ3n) is 3.57. The highest BCUT2D eigenvalue weighted by atomic mass is 16.5. The van der Waals surface area contributed by atoms with E-state index in [1.165, 1.54) is 6.33 Å². The molecule has 0 spiro atoms. The minimum atomic E-state index is 0.0401. The maximum Gasteiger partial charge on any atom is 0.159 e. The second kappa shape index (κ2) is 7.44. The lowest BCUT2D eigenvalue weighted by Crippen LogP contribution is -1.99. The van der Waals surface area contributed by atoms with Gasteiger partial charge in [-0.25, -0.2) is 9.97 Å². The molecule has 25 heavy (non-hydrogen) atoms. The van der Waals surface area contributed by atoms with Crippen LogP contribution in [0, 0.1) is 0 Å². The van der Waals surface area contributed by atoms with Crippen LogP contribution in [0.4, 0.5) is 23.0 Å². The number of hydrogen-bond acceptors (Lipinski definition) is 6. The largest absolute Gasteiger partial charge is 0.497 e. The van der Waals surface area contributed by atoms with Gasteiger partial charge >= 0.3 is 0 Å². The number of anilines is 4. The van der Waals surface area contributed by atoms with Gasteiger partial charge in [0.2, 0.25) is 0 Å². The molecule has 0 atom stereocenters. The molecule has 0 radical (unpaired) electrons.